The van der Waals surface area contributed by atoms with Gasteiger partial charge in [-0.1, -0.05) is 18.5 Å². The molecule has 4 heterocycles. The molecule has 26 heavy (non-hydrogen) atoms. The van der Waals surface area contributed by atoms with E-state index in [-0.39, 0.29) is 11.4 Å². The summed E-state index contributed by atoms with van der Waals surface area (Å²) in [6, 6.07) is 0. The average molecular weight is 377 g/mol. The summed E-state index contributed by atoms with van der Waals surface area (Å²) in [6.45, 7) is 6.41. The molecule has 2 aliphatic heterocycles. The van der Waals surface area contributed by atoms with E-state index < -0.39 is 0 Å². The number of carbonyl (C=O) groups is 1. The monoisotopic (exact) mass is 376 g/mol. The van der Waals surface area contributed by atoms with Crippen molar-refractivity contribution >= 4 is 17.5 Å². The number of imidazole rings is 1. The van der Waals surface area contributed by atoms with Crippen LogP contribution in [0.25, 0.3) is 0 Å². The third-order valence-electron chi connectivity index (χ3n) is 5.88. The summed E-state index contributed by atoms with van der Waals surface area (Å²) < 4.78 is 1.72. The molecule has 0 unspecified atom stereocenters. The highest BCUT2D eigenvalue weighted by Gasteiger charge is 2.46. The van der Waals surface area contributed by atoms with Crippen molar-refractivity contribution < 1.29 is 4.79 Å². The second kappa shape index (κ2) is 7.04. The molecule has 0 saturated carbocycles. The minimum atomic E-state index is -0.0192. The van der Waals surface area contributed by atoms with E-state index in [0.29, 0.717) is 18.0 Å². The SMILES string of the molecule is CCN1CCc2[nH]cnc2C12CCN(C(=O)CCn1cc(Cl)cn1)CC2. The molecule has 2 aliphatic rings. The number of carbonyl (C=O) groups excluding carboxylic acids is 1. The van der Waals surface area contributed by atoms with E-state index in [1.54, 1.807) is 17.1 Å². The lowest BCUT2D eigenvalue weighted by Gasteiger charge is -2.50. The Bertz CT molecular complexity index is 776. The maximum Gasteiger partial charge on any atom is 0.224 e. The normalized spacial score (nSPS) is 19.7. The molecule has 4 rings (SSSR count). The quantitative estimate of drug-likeness (QED) is 0.886. The lowest BCUT2D eigenvalue weighted by molar-refractivity contribution is -0.134. The fourth-order valence-electron chi connectivity index (χ4n) is 4.49. The summed E-state index contributed by atoms with van der Waals surface area (Å²) in [5.74, 6) is 0.188. The Hall–Kier alpha value is -1.86. The average Bonchev–Trinajstić information content (AvgIpc) is 3.30. The Labute approximate surface area is 158 Å². The van der Waals surface area contributed by atoms with Gasteiger partial charge in [0.25, 0.3) is 0 Å². The number of nitrogens with one attached hydrogen (secondary N) is 1. The number of rotatable bonds is 4. The number of hydrogen-bond acceptors (Lipinski definition) is 4. The topological polar surface area (TPSA) is 70.1 Å². The molecule has 0 aromatic carbocycles. The van der Waals surface area contributed by atoms with Crippen LogP contribution < -0.4 is 0 Å². The summed E-state index contributed by atoms with van der Waals surface area (Å²) in [5, 5.41) is 4.74. The summed E-state index contributed by atoms with van der Waals surface area (Å²) in [6.07, 6.45) is 8.53. The molecule has 1 saturated heterocycles. The van der Waals surface area contributed by atoms with Crippen LogP contribution in [0, 0.1) is 0 Å². The zero-order valence-corrected chi connectivity index (χ0v) is 15.9. The molecule has 2 aromatic heterocycles. The van der Waals surface area contributed by atoms with Crippen molar-refractivity contribution in [2.45, 2.75) is 44.7 Å². The van der Waals surface area contributed by atoms with Crippen LogP contribution in [-0.4, -0.2) is 61.6 Å². The number of likely N-dealkylation sites (N-methyl/N-ethyl adjacent to an activating group) is 1. The Balaban J connectivity index is 1.41. The van der Waals surface area contributed by atoms with E-state index in [1.165, 1.54) is 11.4 Å². The van der Waals surface area contributed by atoms with E-state index in [0.717, 1.165) is 45.4 Å². The first-order valence-corrected chi connectivity index (χ1v) is 9.73. The zero-order chi connectivity index (χ0) is 18.1. The van der Waals surface area contributed by atoms with Crippen molar-refractivity contribution in [2.24, 2.45) is 0 Å². The Kier molecular flexibility index (Phi) is 4.75. The predicted octanol–water partition coefficient (Wildman–Crippen LogP) is 2.05. The zero-order valence-electron chi connectivity index (χ0n) is 15.1. The van der Waals surface area contributed by atoms with Crippen molar-refractivity contribution in [3.63, 3.8) is 0 Å². The highest BCUT2D eigenvalue weighted by Crippen LogP contribution is 2.42. The summed E-state index contributed by atoms with van der Waals surface area (Å²) >= 11 is 5.87. The number of aryl methyl sites for hydroxylation is 1. The maximum atomic E-state index is 12.6. The van der Waals surface area contributed by atoms with Crippen molar-refractivity contribution in [3.05, 3.63) is 35.1 Å². The second-order valence-electron chi connectivity index (χ2n) is 7.14. The van der Waals surface area contributed by atoms with Crippen LogP contribution in [-0.2, 0) is 23.3 Å². The number of halogens is 1. The Morgan fingerprint density at radius 3 is 2.85 bits per heavy atom. The van der Waals surface area contributed by atoms with E-state index in [9.17, 15) is 4.79 Å². The van der Waals surface area contributed by atoms with Crippen LogP contribution in [0.2, 0.25) is 5.02 Å². The fraction of sp³-hybridized carbons (Fsp3) is 0.611. The van der Waals surface area contributed by atoms with E-state index in [4.69, 9.17) is 11.6 Å². The summed E-state index contributed by atoms with van der Waals surface area (Å²) in [4.78, 5) is 25.1. The first-order valence-electron chi connectivity index (χ1n) is 9.36. The lowest BCUT2D eigenvalue weighted by atomic mass is 9.78. The number of fused-ring (bicyclic) bond motifs is 2. The van der Waals surface area contributed by atoms with Gasteiger partial charge in [-0.05, 0) is 19.4 Å². The van der Waals surface area contributed by atoms with Crippen LogP contribution in [0.4, 0.5) is 0 Å². The van der Waals surface area contributed by atoms with Gasteiger partial charge in [0.05, 0.1) is 28.8 Å². The number of amides is 1. The van der Waals surface area contributed by atoms with E-state index in [1.807, 2.05) is 11.2 Å². The first kappa shape index (κ1) is 17.5. The molecule has 0 bridgehead atoms. The molecule has 0 aliphatic carbocycles. The highest BCUT2D eigenvalue weighted by molar-refractivity contribution is 6.30. The standard InChI is InChI=1S/C18H25ClN6O/c1-2-24-7-3-15-17(21-13-20-15)18(24)5-9-23(10-6-18)16(26)4-8-25-12-14(19)11-22-25/h11-13H,2-10H2,1H3,(H,20,21). The number of hydrogen-bond donors (Lipinski definition) is 1. The molecule has 2 aromatic rings. The number of nitrogens with zero attached hydrogens (tertiary/aromatic N) is 5. The number of aromatic amines is 1. The molecule has 1 fully saturated rings. The van der Waals surface area contributed by atoms with Gasteiger partial charge in [0.15, 0.2) is 0 Å². The highest BCUT2D eigenvalue weighted by atomic mass is 35.5. The molecule has 1 spiro atoms. The molecule has 1 N–H and O–H groups in total. The van der Waals surface area contributed by atoms with Crippen LogP contribution in [0.3, 0.4) is 0 Å². The minimum Gasteiger partial charge on any atom is -0.348 e. The number of H-pyrrole nitrogens is 1. The largest absolute Gasteiger partial charge is 0.348 e. The van der Waals surface area contributed by atoms with Gasteiger partial charge in [-0.25, -0.2) is 4.98 Å². The van der Waals surface area contributed by atoms with Gasteiger partial charge in [0, 0.05) is 50.9 Å². The number of piperidine rings is 1. The molecule has 0 radical (unpaired) electrons. The van der Waals surface area contributed by atoms with Crippen LogP contribution in [0.5, 0.6) is 0 Å². The predicted molar refractivity (Wildman–Crippen MR) is 98.9 cm³/mol. The van der Waals surface area contributed by atoms with Crippen molar-refractivity contribution in [2.75, 3.05) is 26.2 Å². The van der Waals surface area contributed by atoms with Crippen molar-refractivity contribution in [3.8, 4) is 0 Å². The summed E-state index contributed by atoms with van der Waals surface area (Å²) in [7, 11) is 0. The Morgan fingerprint density at radius 1 is 1.35 bits per heavy atom. The van der Waals surface area contributed by atoms with Crippen LogP contribution >= 0.6 is 11.6 Å². The third kappa shape index (κ3) is 3.03. The molecule has 8 heteroatoms. The fourth-order valence-corrected chi connectivity index (χ4v) is 4.65. The smallest absolute Gasteiger partial charge is 0.224 e. The summed E-state index contributed by atoms with van der Waals surface area (Å²) in [5.41, 5.74) is 2.45. The van der Waals surface area contributed by atoms with Crippen LogP contribution in [0.15, 0.2) is 18.7 Å². The molecular weight excluding hydrogens is 352 g/mol. The molecule has 140 valence electrons. The first-order chi connectivity index (χ1) is 12.6. The Morgan fingerprint density at radius 2 is 2.15 bits per heavy atom. The van der Waals surface area contributed by atoms with Gasteiger partial charge in [0.1, 0.15) is 0 Å². The lowest BCUT2D eigenvalue weighted by Crippen LogP contribution is -2.57. The van der Waals surface area contributed by atoms with Gasteiger partial charge in [-0.15, -0.1) is 0 Å². The molecule has 7 nitrogen and oxygen atoms in total. The number of likely N-dealkylation sites (tertiary alicyclic amines) is 1. The molecule has 0 atom stereocenters. The number of aromatic nitrogens is 4. The minimum absolute atomic E-state index is 0.0192. The van der Waals surface area contributed by atoms with Crippen molar-refractivity contribution in [1.29, 1.82) is 0 Å². The van der Waals surface area contributed by atoms with E-state index in [2.05, 4.69) is 26.9 Å². The second-order valence-corrected chi connectivity index (χ2v) is 7.58. The van der Waals surface area contributed by atoms with Gasteiger partial charge >= 0.3 is 0 Å². The van der Waals surface area contributed by atoms with Gasteiger partial charge in [0.2, 0.25) is 5.91 Å². The van der Waals surface area contributed by atoms with Gasteiger partial charge in [-0.3, -0.25) is 14.4 Å². The van der Waals surface area contributed by atoms with Gasteiger partial charge in [-0.2, -0.15) is 5.10 Å². The van der Waals surface area contributed by atoms with Gasteiger partial charge < -0.3 is 9.88 Å². The maximum absolute atomic E-state index is 12.6. The van der Waals surface area contributed by atoms with Crippen molar-refractivity contribution in [1.82, 2.24) is 29.5 Å². The third-order valence-corrected chi connectivity index (χ3v) is 6.07. The van der Waals surface area contributed by atoms with E-state index >= 15 is 0 Å². The molecular formula is C18H25ClN6O. The molecule has 1 amide bonds. The van der Waals surface area contributed by atoms with Crippen LogP contribution in [0.1, 0.15) is 37.6 Å².